The van der Waals surface area contributed by atoms with Gasteiger partial charge in [0.25, 0.3) is 10.0 Å². The van der Waals surface area contributed by atoms with Crippen LogP contribution in [-0.2, 0) is 14.8 Å². The molecule has 0 radical (unpaired) electrons. The van der Waals surface area contributed by atoms with Gasteiger partial charge in [0.05, 0.1) is 17.2 Å². The highest BCUT2D eigenvalue weighted by atomic mass is 32.2. The molecule has 0 amide bonds. The summed E-state index contributed by atoms with van der Waals surface area (Å²) in [6, 6.07) is 7.79. The minimum Gasteiger partial charge on any atom is -0.485 e. The second-order valence-electron chi connectivity index (χ2n) is 5.03. The van der Waals surface area contributed by atoms with Crippen LogP contribution in [-0.4, -0.2) is 28.7 Å². The van der Waals surface area contributed by atoms with E-state index in [1.807, 2.05) is 6.92 Å². The molecule has 0 aromatic heterocycles. The number of methoxy groups -OCH3 is 1. The zero-order valence-corrected chi connectivity index (χ0v) is 14.0. The zero-order chi connectivity index (χ0) is 17.7. The molecule has 0 spiro atoms. The van der Waals surface area contributed by atoms with E-state index in [-0.39, 0.29) is 23.8 Å². The van der Waals surface area contributed by atoms with Crippen molar-refractivity contribution in [2.45, 2.75) is 11.8 Å². The Morgan fingerprint density at radius 3 is 2.17 bits per heavy atom. The van der Waals surface area contributed by atoms with Crippen molar-refractivity contribution >= 4 is 15.7 Å². The largest absolute Gasteiger partial charge is 0.485 e. The lowest BCUT2D eigenvalue weighted by molar-refractivity contribution is 0.141. The number of nitrogens with one attached hydrogen (secondary N) is 1. The Kier molecular flexibility index (Phi) is 5.74. The molecule has 2 rings (SSSR count). The molecule has 2 aromatic carbocycles. The molecule has 0 heterocycles. The summed E-state index contributed by atoms with van der Waals surface area (Å²) in [5.74, 6) is -2.59. The maximum atomic E-state index is 13.9. The van der Waals surface area contributed by atoms with Gasteiger partial charge in [0.15, 0.2) is 17.4 Å². The summed E-state index contributed by atoms with van der Waals surface area (Å²) < 4.78 is 64.1. The highest BCUT2D eigenvalue weighted by molar-refractivity contribution is 7.92. The fourth-order valence-corrected chi connectivity index (χ4v) is 2.96. The molecule has 0 unspecified atom stereocenters. The lowest BCUT2D eigenvalue weighted by Crippen LogP contribution is -2.14. The maximum absolute atomic E-state index is 13.9. The molecule has 0 atom stereocenters. The molecule has 0 saturated heterocycles. The molecule has 1 N–H and O–H groups in total. The van der Waals surface area contributed by atoms with Crippen LogP contribution in [0.3, 0.4) is 0 Å². The van der Waals surface area contributed by atoms with E-state index in [4.69, 9.17) is 9.47 Å². The van der Waals surface area contributed by atoms with Crippen molar-refractivity contribution in [3.63, 3.8) is 0 Å². The van der Waals surface area contributed by atoms with Gasteiger partial charge in [-0.3, -0.25) is 4.72 Å². The smallest absolute Gasteiger partial charge is 0.261 e. The number of rotatable bonds is 7. The number of anilines is 1. The third-order valence-electron chi connectivity index (χ3n) is 3.12. The minimum absolute atomic E-state index is 0.00524. The first-order chi connectivity index (χ1) is 11.3. The first-order valence-corrected chi connectivity index (χ1v) is 8.52. The fraction of sp³-hybridized carbons (Fsp3) is 0.250. The van der Waals surface area contributed by atoms with E-state index in [1.54, 1.807) is 12.1 Å². The van der Waals surface area contributed by atoms with Crippen LogP contribution in [0, 0.1) is 18.6 Å². The summed E-state index contributed by atoms with van der Waals surface area (Å²) in [7, 11) is -2.51. The van der Waals surface area contributed by atoms with Crippen LogP contribution in [0.25, 0.3) is 0 Å². The Balaban J connectivity index is 2.22. The van der Waals surface area contributed by atoms with Gasteiger partial charge in [-0.25, -0.2) is 17.2 Å². The number of hydrogen-bond acceptors (Lipinski definition) is 4. The van der Waals surface area contributed by atoms with E-state index in [1.165, 1.54) is 19.2 Å². The van der Waals surface area contributed by atoms with Crippen LogP contribution in [0.4, 0.5) is 14.5 Å². The standard InChI is InChI=1S/C16H17F2NO4S/c1-11-3-5-13(6-4-11)24(20,21)19-12-9-14(17)16(15(18)10-12)23-8-7-22-2/h3-6,9-10,19H,7-8H2,1-2H3. The maximum Gasteiger partial charge on any atom is 0.261 e. The van der Waals surface area contributed by atoms with Crippen molar-refractivity contribution in [2.24, 2.45) is 0 Å². The summed E-state index contributed by atoms with van der Waals surface area (Å²) in [5, 5.41) is 0. The Labute approximate surface area is 139 Å². The van der Waals surface area contributed by atoms with Crippen LogP contribution in [0.5, 0.6) is 5.75 Å². The predicted molar refractivity (Wildman–Crippen MR) is 85.7 cm³/mol. The van der Waals surface area contributed by atoms with Crippen molar-refractivity contribution in [3.8, 4) is 5.75 Å². The van der Waals surface area contributed by atoms with Crippen molar-refractivity contribution in [3.05, 3.63) is 53.6 Å². The number of halogens is 2. The van der Waals surface area contributed by atoms with Gasteiger partial charge in [0.1, 0.15) is 6.61 Å². The van der Waals surface area contributed by atoms with Crippen molar-refractivity contribution in [1.82, 2.24) is 0 Å². The van der Waals surface area contributed by atoms with Crippen molar-refractivity contribution in [2.75, 3.05) is 25.0 Å². The van der Waals surface area contributed by atoms with Crippen molar-refractivity contribution < 1.29 is 26.7 Å². The average Bonchev–Trinajstić information content (AvgIpc) is 2.50. The van der Waals surface area contributed by atoms with Gasteiger partial charge in [0, 0.05) is 19.2 Å². The van der Waals surface area contributed by atoms with Gasteiger partial charge in [-0.2, -0.15) is 0 Å². The quantitative estimate of drug-likeness (QED) is 0.774. The molecule has 8 heteroatoms. The van der Waals surface area contributed by atoms with Gasteiger partial charge < -0.3 is 9.47 Å². The Hall–Kier alpha value is -2.19. The molecule has 0 aliphatic carbocycles. The lowest BCUT2D eigenvalue weighted by atomic mass is 10.2. The molecular formula is C16H17F2NO4S. The molecule has 5 nitrogen and oxygen atoms in total. The van der Waals surface area contributed by atoms with E-state index < -0.39 is 27.4 Å². The number of ether oxygens (including phenoxy) is 2. The summed E-state index contributed by atoms with van der Waals surface area (Å²) in [6.07, 6.45) is 0. The first kappa shape index (κ1) is 18.2. The van der Waals surface area contributed by atoms with Crippen LogP contribution >= 0.6 is 0 Å². The topological polar surface area (TPSA) is 64.6 Å². The second kappa shape index (κ2) is 7.59. The lowest BCUT2D eigenvalue weighted by Gasteiger charge is -2.12. The Morgan fingerprint density at radius 1 is 1.04 bits per heavy atom. The van der Waals surface area contributed by atoms with Gasteiger partial charge in [0.2, 0.25) is 0 Å². The van der Waals surface area contributed by atoms with E-state index in [0.717, 1.165) is 17.7 Å². The molecule has 130 valence electrons. The molecular weight excluding hydrogens is 340 g/mol. The Morgan fingerprint density at radius 2 is 1.62 bits per heavy atom. The third-order valence-corrected chi connectivity index (χ3v) is 4.51. The second-order valence-corrected chi connectivity index (χ2v) is 6.71. The van der Waals surface area contributed by atoms with Crippen LogP contribution in [0.15, 0.2) is 41.3 Å². The van der Waals surface area contributed by atoms with E-state index in [9.17, 15) is 17.2 Å². The van der Waals surface area contributed by atoms with Gasteiger partial charge in [-0.05, 0) is 19.1 Å². The average molecular weight is 357 g/mol. The monoisotopic (exact) mass is 357 g/mol. The summed E-state index contributed by atoms with van der Waals surface area (Å²) in [6.45, 7) is 1.95. The zero-order valence-electron chi connectivity index (χ0n) is 13.2. The molecule has 0 saturated carbocycles. The van der Waals surface area contributed by atoms with E-state index in [2.05, 4.69) is 4.72 Å². The Bertz CT molecular complexity index is 784. The van der Waals surface area contributed by atoms with E-state index in [0.29, 0.717) is 0 Å². The molecule has 0 fully saturated rings. The fourth-order valence-electron chi connectivity index (χ4n) is 1.92. The van der Waals surface area contributed by atoms with Crippen LogP contribution < -0.4 is 9.46 Å². The molecule has 2 aromatic rings. The normalized spacial score (nSPS) is 11.3. The van der Waals surface area contributed by atoms with Gasteiger partial charge in [-0.1, -0.05) is 17.7 Å². The summed E-state index contributed by atoms with van der Waals surface area (Å²) in [5.41, 5.74) is 0.660. The highest BCUT2D eigenvalue weighted by Crippen LogP contribution is 2.27. The highest BCUT2D eigenvalue weighted by Gasteiger charge is 2.18. The number of benzene rings is 2. The predicted octanol–water partition coefficient (Wildman–Crippen LogP) is 3.10. The van der Waals surface area contributed by atoms with Gasteiger partial charge >= 0.3 is 0 Å². The molecule has 0 bridgehead atoms. The number of aryl methyl sites for hydroxylation is 1. The van der Waals surface area contributed by atoms with Crippen molar-refractivity contribution in [1.29, 1.82) is 0 Å². The van der Waals surface area contributed by atoms with E-state index >= 15 is 0 Å². The summed E-state index contributed by atoms with van der Waals surface area (Å²) >= 11 is 0. The minimum atomic E-state index is -3.94. The number of hydrogen-bond donors (Lipinski definition) is 1. The SMILES string of the molecule is COCCOc1c(F)cc(NS(=O)(=O)c2ccc(C)cc2)cc1F. The van der Waals surface area contributed by atoms with Crippen LogP contribution in [0.1, 0.15) is 5.56 Å². The molecule has 0 aliphatic rings. The molecule has 24 heavy (non-hydrogen) atoms. The third kappa shape index (κ3) is 4.42. The van der Waals surface area contributed by atoms with Gasteiger partial charge in [-0.15, -0.1) is 0 Å². The molecule has 0 aliphatic heterocycles. The first-order valence-electron chi connectivity index (χ1n) is 7.04. The number of sulfonamides is 1. The summed E-state index contributed by atoms with van der Waals surface area (Å²) in [4.78, 5) is -0.00524. The van der Waals surface area contributed by atoms with Crippen LogP contribution in [0.2, 0.25) is 0 Å².